The molecule has 6 nitrogen and oxygen atoms in total. The van der Waals surface area contributed by atoms with Gasteiger partial charge in [0.25, 0.3) is 5.91 Å². The van der Waals surface area contributed by atoms with Gasteiger partial charge in [-0.2, -0.15) is 0 Å². The number of carbonyl (C=O) groups is 3. The van der Waals surface area contributed by atoms with Crippen LogP contribution in [0.15, 0.2) is 23.1 Å². The van der Waals surface area contributed by atoms with Gasteiger partial charge in [-0.1, -0.05) is 28.7 Å². The molecule has 3 amide bonds. The van der Waals surface area contributed by atoms with Crippen molar-refractivity contribution in [3.05, 3.63) is 29.3 Å². The first-order chi connectivity index (χ1) is 12.1. The maximum Gasteiger partial charge on any atom is 0.255 e. The molecule has 1 aromatic carbocycles. The van der Waals surface area contributed by atoms with Crippen LogP contribution in [0.5, 0.6) is 0 Å². The maximum absolute atomic E-state index is 12.7. The third-order valence-electron chi connectivity index (χ3n) is 4.25. The minimum Gasteiger partial charge on any atom is -0.380 e. The lowest BCUT2D eigenvalue weighted by Gasteiger charge is -2.29. The predicted molar refractivity (Wildman–Crippen MR) is 103 cm³/mol. The van der Waals surface area contributed by atoms with Crippen molar-refractivity contribution in [2.75, 3.05) is 23.4 Å². The lowest BCUT2D eigenvalue weighted by Crippen LogP contribution is -2.52. The smallest absolute Gasteiger partial charge is 0.255 e. The fourth-order valence-electron chi connectivity index (χ4n) is 3.06. The average Bonchev–Trinajstić information content (AvgIpc) is 2.92. The van der Waals surface area contributed by atoms with Crippen LogP contribution in [-0.2, 0) is 20.9 Å². The zero-order valence-electron chi connectivity index (χ0n) is 13.6. The highest BCUT2D eigenvalue weighted by atomic mass is 127. The first-order valence-electron chi connectivity index (χ1n) is 8.15. The number of nitrogens with zero attached hydrogens (tertiary/aromatic N) is 1. The molecule has 1 fully saturated rings. The topological polar surface area (TPSA) is 75.7 Å². The molecule has 2 aliphatic heterocycles. The molecule has 3 rings (SSSR count). The fraction of sp³-hybridized carbons (Fsp3) is 0.471. The van der Waals surface area contributed by atoms with Crippen molar-refractivity contribution in [3.8, 4) is 0 Å². The molecule has 0 spiro atoms. The molecule has 0 aliphatic carbocycles. The van der Waals surface area contributed by atoms with Crippen LogP contribution in [0.2, 0.25) is 0 Å². The van der Waals surface area contributed by atoms with Crippen molar-refractivity contribution in [3.63, 3.8) is 0 Å². The summed E-state index contributed by atoms with van der Waals surface area (Å²) in [7, 11) is 0. The van der Waals surface area contributed by atoms with Crippen molar-refractivity contribution in [1.29, 1.82) is 0 Å². The first-order valence-corrected chi connectivity index (χ1v) is 10.7. The highest BCUT2D eigenvalue weighted by Crippen LogP contribution is 2.34. The Labute approximate surface area is 164 Å². The Bertz CT molecular complexity index is 697. The summed E-state index contributed by atoms with van der Waals surface area (Å²) in [5.41, 5.74) is 1.62. The number of halogens is 1. The van der Waals surface area contributed by atoms with Crippen LogP contribution >= 0.6 is 34.4 Å². The number of piperidine rings is 1. The molecule has 0 radical (unpaired) electrons. The van der Waals surface area contributed by atoms with Gasteiger partial charge < -0.3 is 9.64 Å². The molecule has 1 atom stereocenters. The van der Waals surface area contributed by atoms with E-state index in [1.807, 2.05) is 12.1 Å². The SMILES string of the molecule is O=C1CCC(N2Cc3c(SCCOCCI)cccc3C2=O)C(=O)N1. The van der Waals surface area contributed by atoms with Gasteiger partial charge in [-0.3, -0.25) is 19.7 Å². The monoisotopic (exact) mass is 474 g/mol. The summed E-state index contributed by atoms with van der Waals surface area (Å²) in [6.45, 7) is 1.83. The van der Waals surface area contributed by atoms with E-state index in [4.69, 9.17) is 4.74 Å². The molecule has 8 heteroatoms. The van der Waals surface area contributed by atoms with E-state index in [0.717, 1.165) is 27.2 Å². The number of rotatable bonds is 7. The van der Waals surface area contributed by atoms with Crippen molar-refractivity contribution < 1.29 is 19.1 Å². The van der Waals surface area contributed by atoms with E-state index in [0.29, 0.717) is 25.1 Å². The quantitative estimate of drug-likeness (QED) is 0.215. The Morgan fingerprint density at radius 2 is 2.12 bits per heavy atom. The van der Waals surface area contributed by atoms with Crippen LogP contribution in [0.25, 0.3) is 0 Å². The summed E-state index contributed by atoms with van der Waals surface area (Å²) in [6.07, 6.45) is 0.656. The fourth-order valence-corrected chi connectivity index (χ4v) is 4.32. The number of ether oxygens (including phenoxy) is 1. The largest absolute Gasteiger partial charge is 0.380 e. The highest BCUT2D eigenvalue weighted by Gasteiger charge is 2.39. The van der Waals surface area contributed by atoms with Gasteiger partial charge in [-0.05, 0) is 24.1 Å². The minimum atomic E-state index is -0.567. The summed E-state index contributed by atoms with van der Waals surface area (Å²) < 4.78 is 6.47. The van der Waals surface area contributed by atoms with Crippen LogP contribution in [0.4, 0.5) is 0 Å². The molecule has 25 heavy (non-hydrogen) atoms. The van der Waals surface area contributed by atoms with E-state index in [-0.39, 0.29) is 24.1 Å². The summed E-state index contributed by atoms with van der Waals surface area (Å²) in [5, 5.41) is 2.33. The first kappa shape index (κ1) is 18.7. The number of carbonyl (C=O) groups excluding carboxylic acids is 3. The van der Waals surface area contributed by atoms with E-state index >= 15 is 0 Å². The van der Waals surface area contributed by atoms with Gasteiger partial charge in [0.05, 0.1) is 13.2 Å². The van der Waals surface area contributed by atoms with E-state index in [1.54, 1.807) is 22.7 Å². The van der Waals surface area contributed by atoms with E-state index < -0.39 is 6.04 Å². The summed E-state index contributed by atoms with van der Waals surface area (Å²) in [5.74, 6) is 0.0414. The van der Waals surface area contributed by atoms with Crippen molar-refractivity contribution >= 4 is 52.1 Å². The predicted octanol–water partition coefficient (Wildman–Crippen LogP) is 1.99. The second-order valence-corrected chi connectivity index (χ2v) is 8.05. The summed E-state index contributed by atoms with van der Waals surface area (Å²) >= 11 is 3.94. The van der Waals surface area contributed by atoms with Crippen LogP contribution in [-0.4, -0.2) is 52.1 Å². The van der Waals surface area contributed by atoms with E-state index in [1.165, 1.54) is 0 Å². The van der Waals surface area contributed by atoms with Gasteiger partial charge in [0.2, 0.25) is 11.8 Å². The summed E-state index contributed by atoms with van der Waals surface area (Å²) in [4.78, 5) is 38.8. The molecule has 134 valence electrons. The molecule has 0 saturated carbocycles. The standard InChI is InChI=1S/C17H19IN2O4S/c18-6-7-24-8-9-25-14-3-1-2-11-12(14)10-20(17(11)23)13-4-5-15(21)19-16(13)22/h1-3,13H,4-10H2,(H,19,21,22). The number of thioether (sulfide) groups is 1. The lowest BCUT2D eigenvalue weighted by atomic mass is 10.0. The molecule has 1 aromatic rings. The Hall–Kier alpha value is -1.13. The van der Waals surface area contributed by atoms with Crippen molar-refractivity contribution in [2.45, 2.75) is 30.3 Å². The summed E-state index contributed by atoms with van der Waals surface area (Å²) in [6, 6.07) is 5.12. The molecular weight excluding hydrogens is 455 g/mol. The number of fused-ring (bicyclic) bond motifs is 1. The van der Waals surface area contributed by atoms with Crippen LogP contribution in [0.1, 0.15) is 28.8 Å². The number of imide groups is 1. The molecule has 0 bridgehead atoms. The van der Waals surface area contributed by atoms with Crippen molar-refractivity contribution in [1.82, 2.24) is 10.2 Å². The molecular formula is C17H19IN2O4S. The number of amides is 3. The van der Waals surface area contributed by atoms with Gasteiger partial charge in [-0.25, -0.2) is 0 Å². The average molecular weight is 474 g/mol. The molecule has 1 unspecified atom stereocenters. The van der Waals surface area contributed by atoms with Crippen molar-refractivity contribution in [2.24, 2.45) is 0 Å². The number of alkyl halides is 1. The zero-order valence-corrected chi connectivity index (χ0v) is 16.6. The maximum atomic E-state index is 12.7. The number of hydrogen-bond donors (Lipinski definition) is 1. The van der Waals surface area contributed by atoms with Gasteiger partial charge in [0, 0.05) is 33.6 Å². The third-order valence-corrected chi connectivity index (χ3v) is 5.75. The Morgan fingerprint density at radius 1 is 1.28 bits per heavy atom. The second kappa shape index (κ2) is 8.50. The lowest BCUT2D eigenvalue weighted by molar-refractivity contribution is -0.136. The number of hydrogen-bond acceptors (Lipinski definition) is 5. The third kappa shape index (κ3) is 4.17. The Kier molecular flexibility index (Phi) is 6.34. The normalized spacial score (nSPS) is 20.0. The van der Waals surface area contributed by atoms with Crippen LogP contribution in [0, 0.1) is 0 Å². The molecule has 0 aromatic heterocycles. The van der Waals surface area contributed by atoms with Crippen LogP contribution in [0.3, 0.4) is 0 Å². The molecule has 1 N–H and O–H groups in total. The van der Waals surface area contributed by atoms with Gasteiger partial charge in [-0.15, -0.1) is 11.8 Å². The molecule has 2 aliphatic rings. The van der Waals surface area contributed by atoms with E-state index in [2.05, 4.69) is 27.9 Å². The number of nitrogens with one attached hydrogen (secondary N) is 1. The van der Waals surface area contributed by atoms with Gasteiger partial charge in [0.1, 0.15) is 6.04 Å². The molecule has 2 heterocycles. The minimum absolute atomic E-state index is 0.131. The Morgan fingerprint density at radius 3 is 2.88 bits per heavy atom. The second-order valence-electron chi connectivity index (χ2n) is 5.83. The Balaban J connectivity index is 1.69. The molecule has 1 saturated heterocycles. The highest BCUT2D eigenvalue weighted by molar-refractivity contribution is 14.1. The van der Waals surface area contributed by atoms with Crippen LogP contribution < -0.4 is 5.32 Å². The number of benzene rings is 1. The van der Waals surface area contributed by atoms with E-state index in [9.17, 15) is 14.4 Å². The zero-order chi connectivity index (χ0) is 17.8. The van der Waals surface area contributed by atoms with Gasteiger partial charge in [0.15, 0.2) is 0 Å². The van der Waals surface area contributed by atoms with Gasteiger partial charge >= 0.3 is 0 Å².